The molecule has 1 unspecified atom stereocenters. The van der Waals surface area contributed by atoms with Crippen molar-refractivity contribution < 1.29 is 22.3 Å². The van der Waals surface area contributed by atoms with Gasteiger partial charge >= 0.3 is 0 Å². The standard InChI is InChI=1S/C18H16ClN3O5S2/c19-15-5-6-16(28-15)29(23,24)22-7-1-2-12(9-22)18-21-20-17(27-18)11-3-4-13-14(8-11)26-10-25-13/h3-6,8,12H,1-2,7,9-10H2. The number of benzene rings is 1. The van der Waals surface area contributed by atoms with Crippen molar-refractivity contribution in [2.75, 3.05) is 19.9 Å². The van der Waals surface area contributed by atoms with Crippen molar-refractivity contribution in [1.29, 1.82) is 0 Å². The number of halogens is 1. The van der Waals surface area contributed by atoms with Gasteiger partial charge in [0.1, 0.15) is 4.21 Å². The summed E-state index contributed by atoms with van der Waals surface area (Å²) in [6.07, 6.45) is 1.49. The molecule has 1 saturated heterocycles. The zero-order valence-corrected chi connectivity index (χ0v) is 17.5. The van der Waals surface area contributed by atoms with Gasteiger partial charge < -0.3 is 13.9 Å². The summed E-state index contributed by atoms with van der Waals surface area (Å²) in [4.78, 5) is 0. The maximum Gasteiger partial charge on any atom is 0.252 e. The molecule has 0 N–H and O–H groups in total. The minimum Gasteiger partial charge on any atom is -0.454 e. The van der Waals surface area contributed by atoms with Gasteiger partial charge in [-0.2, -0.15) is 4.31 Å². The lowest BCUT2D eigenvalue weighted by Crippen LogP contribution is -2.38. The normalized spacial score (nSPS) is 19.6. The molecule has 0 spiro atoms. The molecule has 5 rings (SSSR count). The van der Waals surface area contributed by atoms with Crippen LogP contribution in [0.4, 0.5) is 0 Å². The number of ether oxygens (including phenoxy) is 2. The summed E-state index contributed by atoms with van der Waals surface area (Å²) in [5.41, 5.74) is 0.724. The lowest BCUT2D eigenvalue weighted by atomic mass is 10.00. The quantitative estimate of drug-likeness (QED) is 0.593. The molecule has 0 amide bonds. The Morgan fingerprint density at radius 3 is 2.83 bits per heavy atom. The van der Waals surface area contributed by atoms with E-state index in [9.17, 15) is 8.42 Å². The van der Waals surface area contributed by atoms with Crippen LogP contribution in [0.3, 0.4) is 0 Å². The van der Waals surface area contributed by atoms with E-state index in [1.54, 1.807) is 18.2 Å². The number of thiophene rings is 1. The van der Waals surface area contributed by atoms with Gasteiger partial charge in [-0.15, -0.1) is 21.5 Å². The first-order valence-electron chi connectivity index (χ1n) is 8.99. The van der Waals surface area contributed by atoms with Crippen LogP contribution in [0.5, 0.6) is 11.5 Å². The molecule has 11 heteroatoms. The van der Waals surface area contributed by atoms with Crippen LogP contribution in [0.1, 0.15) is 24.7 Å². The number of aromatic nitrogens is 2. The monoisotopic (exact) mass is 453 g/mol. The van der Waals surface area contributed by atoms with Gasteiger partial charge in [-0.1, -0.05) is 11.6 Å². The maximum absolute atomic E-state index is 12.9. The second kappa shape index (κ2) is 7.28. The van der Waals surface area contributed by atoms with E-state index in [1.165, 1.54) is 10.4 Å². The van der Waals surface area contributed by atoms with Crippen LogP contribution in [0.2, 0.25) is 4.34 Å². The Bertz CT molecular complexity index is 1160. The minimum atomic E-state index is -3.59. The van der Waals surface area contributed by atoms with E-state index in [0.29, 0.717) is 47.1 Å². The molecule has 1 aromatic carbocycles. The Morgan fingerprint density at radius 1 is 1.14 bits per heavy atom. The van der Waals surface area contributed by atoms with Crippen molar-refractivity contribution in [3.05, 3.63) is 40.6 Å². The van der Waals surface area contributed by atoms with Crippen LogP contribution >= 0.6 is 22.9 Å². The first kappa shape index (κ1) is 18.9. The third kappa shape index (κ3) is 3.50. The van der Waals surface area contributed by atoms with Gasteiger partial charge in [0, 0.05) is 18.7 Å². The van der Waals surface area contributed by atoms with E-state index in [0.717, 1.165) is 23.3 Å². The van der Waals surface area contributed by atoms with Crippen molar-refractivity contribution in [2.45, 2.75) is 23.0 Å². The van der Waals surface area contributed by atoms with Gasteiger partial charge in [-0.05, 0) is 43.2 Å². The number of hydrogen-bond acceptors (Lipinski definition) is 8. The molecule has 4 heterocycles. The molecule has 8 nitrogen and oxygen atoms in total. The van der Waals surface area contributed by atoms with Gasteiger partial charge in [0.05, 0.1) is 10.3 Å². The molecule has 1 atom stereocenters. The SMILES string of the molecule is O=S(=O)(c1ccc(Cl)s1)N1CCCC(c2nnc(-c3ccc4c(c3)OCO4)o2)C1. The summed E-state index contributed by atoms with van der Waals surface area (Å²) in [7, 11) is -3.59. The second-order valence-corrected chi connectivity index (χ2v) is 10.7. The summed E-state index contributed by atoms with van der Waals surface area (Å²) in [5, 5.41) is 8.31. The third-order valence-corrected chi connectivity index (χ3v) is 8.50. The highest BCUT2D eigenvalue weighted by Crippen LogP contribution is 2.37. The summed E-state index contributed by atoms with van der Waals surface area (Å²) < 4.78 is 44.5. The predicted octanol–water partition coefficient (Wildman–Crippen LogP) is 3.75. The molecule has 152 valence electrons. The molecule has 2 aliphatic heterocycles. The molecule has 0 saturated carbocycles. The van der Waals surface area contributed by atoms with Crippen molar-refractivity contribution in [3.63, 3.8) is 0 Å². The number of nitrogens with zero attached hydrogens (tertiary/aromatic N) is 3. The van der Waals surface area contributed by atoms with Crippen LogP contribution in [-0.4, -0.2) is 42.8 Å². The summed E-state index contributed by atoms with van der Waals surface area (Å²) >= 11 is 6.97. The van der Waals surface area contributed by atoms with E-state index in [2.05, 4.69) is 10.2 Å². The summed E-state index contributed by atoms with van der Waals surface area (Å²) in [6, 6.07) is 8.54. The molecule has 2 aliphatic rings. The third-order valence-electron chi connectivity index (χ3n) is 4.94. The van der Waals surface area contributed by atoms with Gasteiger partial charge in [0.25, 0.3) is 10.0 Å². The second-order valence-electron chi connectivity index (χ2n) is 6.77. The fourth-order valence-electron chi connectivity index (χ4n) is 3.47. The zero-order chi connectivity index (χ0) is 20.0. The van der Waals surface area contributed by atoms with Crippen molar-refractivity contribution in [2.24, 2.45) is 0 Å². The predicted molar refractivity (Wildman–Crippen MR) is 106 cm³/mol. The fourth-order valence-corrected chi connectivity index (χ4v) is 6.63. The highest BCUT2D eigenvalue weighted by Gasteiger charge is 2.34. The summed E-state index contributed by atoms with van der Waals surface area (Å²) in [5.74, 6) is 1.94. The smallest absolute Gasteiger partial charge is 0.252 e. The van der Waals surface area contributed by atoms with Crippen molar-refractivity contribution in [3.8, 4) is 23.0 Å². The fraction of sp³-hybridized carbons (Fsp3) is 0.333. The molecule has 2 aromatic heterocycles. The molecule has 0 bridgehead atoms. The molecular formula is C18H16ClN3O5S2. The Kier molecular flexibility index (Phi) is 4.73. The van der Waals surface area contributed by atoms with Crippen LogP contribution in [0.15, 0.2) is 39.0 Å². The Balaban J connectivity index is 1.36. The number of fused-ring (bicyclic) bond motifs is 1. The van der Waals surface area contributed by atoms with Gasteiger partial charge in [-0.3, -0.25) is 0 Å². The largest absolute Gasteiger partial charge is 0.454 e. The van der Waals surface area contributed by atoms with E-state index in [-0.39, 0.29) is 16.9 Å². The molecule has 0 radical (unpaired) electrons. The Hall–Kier alpha value is -2.14. The lowest BCUT2D eigenvalue weighted by molar-refractivity contribution is 0.174. The number of piperidine rings is 1. The summed E-state index contributed by atoms with van der Waals surface area (Å²) in [6.45, 7) is 0.938. The topological polar surface area (TPSA) is 94.8 Å². The van der Waals surface area contributed by atoms with E-state index in [4.69, 9.17) is 25.5 Å². The lowest BCUT2D eigenvalue weighted by Gasteiger charge is -2.29. The Labute approximate surface area is 176 Å². The zero-order valence-electron chi connectivity index (χ0n) is 15.1. The van der Waals surface area contributed by atoms with Crippen LogP contribution in [-0.2, 0) is 10.0 Å². The first-order valence-corrected chi connectivity index (χ1v) is 11.6. The first-order chi connectivity index (χ1) is 14.0. The minimum absolute atomic E-state index is 0.163. The average Bonchev–Trinajstić information content (AvgIpc) is 3.47. The molecular weight excluding hydrogens is 438 g/mol. The van der Waals surface area contributed by atoms with Crippen LogP contribution in [0.25, 0.3) is 11.5 Å². The molecule has 0 aliphatic carbocycles. The Morgan fingerprint density at radius 2 is 2.00 bits per heavy atom. The highest BCUT2D eigenvalue weighted by molar-refractivity contribution is 7.91. The highest BCUT2D eigenvalue weighted by atomic mass is 35.5. The van der Waals surface area contributed by atoms with Crippen LogP contribution in [0, 0.1) is 0 Å². The van der Waals surface area contributed by atoms with Crippen LogP contribution < -0.4 is 9.47 Å². The number of hydrogen-bond donors (Lipinski definition) is 0. The number of sulfonamides is 1. The van der Waals surface area contributed by atoms with Gasteiger partial charge in [0.2, 0.25) is 18.6 Å². The maximum atomic E-state index is 12.9. The van der Waals surface area contributed by atoms with Gasteiger partial charge in [0.15, 0.2) is 11.5 Å². The van der Waals surface area contributed by atoms with Gasteiger partial charge in [-0.25, -0.2) is 8.42 Å². The molecule has 29 heavy (non-hydrogen) atoms. The average molecular weight is 454 g/mol. The molecule has 3 aromatic rings. The van der Waals surface area contributed by atoms with Crippen molar-refractivity contribution in [1.82, 2.24) is 14.5 Å². The molecule has 1 fully saturated rings. The van der Waals surface area contributed by atoms with E-state index in [1.807, 2.05) is 6.07 Å². The van der Waals surface area contributed by atoms with E-state index >= 15 is 0 Å². The number of rotatable bonds is 4. The van der Waals surface area contributed by atoms with E-state index < -0.39 is 10.0 Å². The van der Waals surface area contributed by atoms with Crippen molar-refractivity contribution >= 4 is 33.0 Å².